The average Bonchev–Trinajstić information content (AvgIpc) is 2.66. The summed E-state index contributed by atoms with van der Waals surface area (Å²) in [6.45, 7) is 3.43. The largest absolute Gasteiger partial charge is 0.467 e. The fourth-order valence-electron chi connectivity index (χ4n) is 2.79. The highest BCUT2D eigenvalue weighted by Gasteiger charge is 2.37. The van der Waals surface area contributed by atoms with E-state index in [1.54, 1.807) is 18.3 Å². The summed E-state index contributed by atoms with van der Waals surface area (Å²) in [5.41, 5.74) is 0.408. The second kappa shape index (κ2) is 8.41. The zero-order chi connectivity index (χ0) is 19.3. The number of methoxy groups -OCH3 is 1. The van der Waals surface area contributed by atoms with Gasteiger partial charge in [-0.3, -0.25) is 19.4 Å². The van der Waals surface area contributed by atoms with Gasteiger partial charge in [0.15, 0.2) is 0 Å². The highest BCUT2D eigenvalue weighted by atomic mass is 16.5. The number of nitrogens with one attached hydrogen (secondary N) is 1. The van der Waals surface area contributed by atoms with Crippen molar-refractivity contribution in [2.75, 3.05) is 26.7 Å². The van der Waals surface area contributed by atoms with Gasteiger partial charge in [-0.25, -0.2) is 4.79 Å². The number of hydrogen-bond donors (Lipinski definition) is 1. The third kappa shape index (κ3) is 4.35. The molecule has 140 valence electrons. The van der Waals surface area contributed by atoms with Crippen molar-refractivity contribution in [3.63, 3.8) is 0 Å². The highest BCUT2D eigenvalue weighted by Crippen LogP contribution is 2.14. The van der Waals surface area contributed by atoms with Crippen molar-refractivity contribution in [2.24, 2.45) is 0 Å². The molecule has 2 heterocycles. The molecule has 0 bridgehead atoms. The van der Waals surface area contributed by atoms with Crippen LogP contribution in [0.3, 0.4) is 0 Å². The van der Waals surface area contributed by atoms with Gasteiger partial charge in [-0.2, -0.15) is 0 Å². The number of aromatic nitrogens is 1. The Morgan fingerprint density at radius 3 is 2.62 bits per heavy atom. The molecule has 3 amide bonds. The van der Waals surface area contributed by atoms with E-state index >= 15 is 0 Å². The van der Waals surface area contributed by atoms with Crippen molar-refractivity contribution < 1.29 is 23.9 Å². The number of esters is 1. The molecule has 1 saturated heterocycles. The van der Waals surface area contributed by atoms with E-state index in [4.69, 9.17) is 0 Å². The fraction of sp³-hybridized carbons (Fsp3) is 0.471. The van der Waals surface area contributed by atoms with Crippen molar-refractivity contribution >= 4 is 23.7 Å². The smallest absolute Gasteiger partial charge is 0.328 e. The van der Waals surface area contributed by atoms with E-state index in [2.05, 4.69) is 15.0 Å². The molecule has 0 spiro atoms. The van der Waals surface area contributed by atoms with Crippen molar-refractivity contribution in [1.82, 2.24) is 20.1 Å². The molecule has 0 aliphatic carbocycles. The Balaban J connectivity index is 2.14. The SMILES string of the molecule is COC(=O)[C@@H](C)NC(=O)[C@@H]1CN(C(=O)c2cccnc2)CCN1C(C)=O. The number of amides is 3. The van der Waals surface area contributed by atoms with E-state index in [0.29, 0.717) is 12.1 Å². The second-order valence-corrected chi connectivity index (χ2v) is 5.97. The van der Waals surface area contributed by atoms with Crippen molar-refractivity contribution in [3.05, 3.63) is 30.1 Å². The number of carbonyl (C=O) groups is 4. The number of nitrogens with zero attached hydrogens (tertiary/aromatic N) is 3. The van der Waals surface area contributed by atoms with Gasteiger partial charge < -0.3 is 19.9 Å². The Hall–Kier alpha value is -2.97. The number of carbonyl (C=O) groups excluding carboxylic acids is 4. The first-order chi connectivity index (χ1) is 12.3. The van der Waals surface area contributed by atoms with Gasteiger partial charge in [0.2, 0.25) is 11.8 Å². The van der Waals surface area contributed by atoms with Crippen LogP contribution in [0.15, 0.2) is 24.5 Å². The van der Waals surface area contributed by atoms with Crippen LogP contribution in [0.5, 0.6) is 0 Å². The van der Waals surface area contributed by atoms with Crippen LogP contribution in [-0.4, -0.2) is 77.3 Å². The lowest BCUT2D eigenvalue weighted by molar-refractivity contribution is -0.147. The van der Waals surface area contributed by atoms with Crippen molar-refractivity contribution in [2.45, 2.75) is 25.9 Å². The Morgan fingerprint density at radius 1 is 1.31 bits per heavy atom. The maximum atomic E-state index is 12.6. The van der Waals surface area contributed by atoms with Crippen LogP contribution in [0.1, 0.15) is 24.2 Å². The molecule has 1 fully saturated rings. The van der Waals surface area contributed by atoms with Gasteiger partial charge in [-0.15, -0.1) is 0 Å². The lowest BCUT2D eigenvalue weighted by atomic mass is 10.1. The van der Waals surface area contributed by atoms with Crippen LogP contribution in [0.2, 0.25) is 0 Å². The van der Waals surface area contributed by atoms with Gasteiger partial charge in [0.25, 0.3) is 5.91 Å². The molecule has 26 heavy (non-hydrogen) atoms. The number of pyridine rings is 1. The molecule has 0 saturated carbocycles. The summed E-state index contributed by atoms with van der Waals surface area (Å²) in [6, 6.07) is 1.56. The zero-order valence-corrected chi connectivity index (χ0v) is 15.0. The van der Waals surface area contributed by atoms with E-state index in [1.165, 1.54) is 37.0 Å². The van der Waals surface area contributed by atoms with Crippen LogP contribution in [0.4, 0.5) is 0 Å². The first-order valence-electron chi connectivity index (χ1n) is 8.20. The standard InChI is InChI=1S/C17H22N4O5/c1-11(17(25)26-3)19-15(23)14-10-20(7-8-21(14)12(2)22)16(24)13-5-4-6-18-9-13/h4-6,9,11,14H,7-8,10H2,1-3H3,(H,19,23)/t11-,14+/m1/s1. The molecule has 0 aromatic carbocycles. The zero-order valence-electron chi connectivity index (χ0n) is 15.0. The number of ether oxygens (including phenoxy) is 1. The third-order valence-corrected chi connectivity index (χ3v) is 4.20. The maximum absolute atomic E-state index is 12.6. The first-order valence-corrected chi connectivity index (χ1v) is 8.20. The van der Waals surface area contributed by atoms with Crippen LogP contribution < -0.4 is 5.32 Å². The summed E-state index contributed by atoms with van der Waals surface area (Å²) in [5, 5.41) is 2.53. The Labute approximate surface area is 151 Å². The summed E-state index contributed by atoms with van der Waals surface area (Å²) in [4.78, 5) is 55.4. The minimum Gasteiger partial charge on any atom is -0.467 e. The second-order valence-electron chi connectivity index (χ2n) is 5.97. The third-order valence-electron chi connectivity index (χ3n) is 4.20. The molecule has 1 aromatic rings. The van der Waals surface area contributed by atoms with Crippen molar-refractivity contribution in [3.8, 4) is 0 Å². The first kappa shape index (κ1) is 19.4. The Morgan fingerprint density at radius 2 is 2.04 bits per heavy atom. The summed E-state index contributed by atoms with van der Waals surface area (Å²) in [5.74, 6) is -1.64. The molecule has 0 radical (unpaired) electrons. The van der Waals surface area contributed by atoms with E-state index in [0.717, 1.165) is 0 Å². The summed E-state index contributed by atoms with van der Waals surface area (Å²) in [6.07, 6.45) is 3.02. The molecule has 2 rings (SSSR count). The van der Waals surface area contributed by atoms with Crippen LogP contribution in [-0.2, 0) is 19.1 Å². The quantitative estimate of drug-likeness (QED) is 0.719. The molecule has 0 unspecified atom stereocenters. The molecule has 1 aliphatic heterocycles. The predicted octanol–water partition coefficient (Wildman–Crippen LogP) is -0.568. The highest BCUT2D eigenvalue weighted by molar-refractivity contribution is 5.95. The average molecular weight is 362 g/mol. The molecule has 1 aromatic heterocycles. The van der Waals surface area contributed by atoms with Gasteiger partial charge in [0.1, 0.15) is 12.1 Å². The lowest BCUT2D eigenvalue weighted by Crippen LogP contribution is -2.62. The monoisotopic (exact) mass is 362 g/mol. The number of piperazine rings is 1. The van der Waals surface area contributed by atoms with Crippen molar-refractivity contribution in [1.29, 1.82) is 0 Å². The fourth-order valence-corrected chi connectivity index (χ4v) is 2.79. The van der Waals surface area contributed by atoms with E-state index in [-0.39, 0.29) is 24.9 Å². The lowest BCUT2D eigenvalue weighted by Gasteiger charge is -2.40. The number of hydrogen-bond acceptors (Lipinski definition) is 6. The molecule has 2 atom stereocenters. The molecular formula is C17H22N4O5. The molecule has 1 aliphatic rings. The Bertz CT molecular complexity index is 694. The number of rotatable bonds is 4. The van der Waals surface area contributed by atoms with Gasteiger partial charge in [-0.1, -0.05) is 0 Å². The maximum Gasteiger partial charge on any atom is 0.328 e. The molecule has 9 nitrogen and oxygen atoms in total. The van der Waals surface area contributed by atoms with Gasteiger partial charge in [0.05, 0.1) is 19.2 Å². The van der Waals surface area contributed by atoms with Crippen LogP contribution in [0, 0.1) is 0 Å². The van der Waals surface area contributed by atoms with Gasteiger partial charge in [-0.05, 0) is 19.1 Å². The minimum atomic E-state index is -0.881. The molecule has 1 N–H and O–H groups in total. The van der Waals surface area contributed by atoms with Gasteiger partial charge >= 0.3 is 5.97 Å². The normalized spacial score (nSPS) is 18.0. The van der Waals surface area contributed by atoms with Crippen LogP contribution >= 0.6 is 0 Å². The van der Waals surface area contributed by atoms with E-state index in [9.17, 15) is 19.2 Å². The molecular weight excluding hydrogens is 340 g/mol. The summed E-state index contributed by atoms with van der Waals surface area (Å²) in [7, 11) is 1.22. The van der Waals surface area contributed by atoms with E-state index in [1.807, 2.05) is 0 Å². The van der Waals surface area contributed by atoms with Crippen LogP contribution in [0.25, 0.3) is 0 Å². The van der Waals surface area contributed by atoms with E-state index < -0.39 is 24.0 Å². The predicted molar refractivity (Wildman–Crippen MR) is 90.9 cm³/mol. The topological polar surface area (TPSA) is 109 Å². The summed E-state index contributed by atoms with van der Waals surface area (Å²) >= 11 is 0. The summed E-state index contributed by atoms with van der Waals surface area (Å²) < 4.78 is 4.59. The minimum absolute atomic E-state index is 0.0348. The Kier molecular flexibility index (Phi) is 6.26. The van der Waals surface area contributed by atoms with Gasteiger partial charge in [0, 0.05) is 32.4 Å². The molecule has 9 heteroatoms.